The summed E-state index contributed by atoms with van der Waals surface area (Å²) in [6, 6.07) is 7.10. The van der Waals surface area contributed by atoms with Crippen molar-refractivity contribution in [3.8, 4) is 11.3 Å². The maximum Gasteiger partial charge on any atom is 0.302 e. The van der Waals surface area contributed by atoms with E-state index in [0.717, 1.165) is 5.56 Å². The highest BCUT2D eigenvalue weighted by Gasteiger charge is 2.12. The molecule has 0 saturated carbocycles. The molecule has 0 aliphatic rings. The van der Waals surface area contributed by atoms with E-state index in [1.807, 2.05) is 6.07 Å². The normalized spacial score (nSPS) is 10.5. The number of hydrogen-bond donors (Lipinski definition) is 1. The molecule has 1 N–H and O–H groups in total. The highest BCUT2D eigenvalue weighted by Crippen LogP contribution is 2.20. The smallest absolute Gasteiger partial charge is 0.302 e. The van der Waals surface area contributed by atoms with E-state index < -0.39 is 5.91 Å². The Bertz CT molecular complexity index is 1080. The molecule has 12 heteroatoms. The predicted octanol–water partition coefficient (Wildman–Crippen LogP) is 0.915. The van der Waals surface area contributed by atoms with Crippen LogP contribution in [-0.2, 0) is 32.2 Å². The molecule has 2 aromatic heterocycles. The lowest BCUT2D eigenvalue weighted by atomic mass is 10.1. The van der Waals surface area contributed by atoms with Gasteiger partial charge in [-0.15, -0.1) is 10.2 Å². The molecule has 12 nitrogen and oxygen atoms in total. The fraction of sp³-hybridized carbons (Fsp3) is 0.316. The van der Waals surface area contributed by atoms with E-state index in [2.05, 4.69) is 25.9 Å². The van der Waals surface area contributed by atoms with Crippen LogP contribution in [-0.4, -0.2) is 61.0 Å². The maximum atomic E-state index is 12.4. The second-order valence-corrected chi connectivity index (χ2v) is 6.45. The van der Waals surface area contributed by atoms with Gasteiger partial charge in [-0.05, 0) is 12.1 Å². The molecule has 0 aliphatic heterocycles. The number of esters is 2. The summed E-state index contributed by atoms with van der Waals surface area (Å²) in [6.45, 7) is 3.69. The lowest BCUT2D eigenvalue weighted by molar-refractivity contribution is -0.142. The molecule has 31 heavy (non-hydrogen) atoms. The summed E-state index contributed by atoms with van der Waals surface area (Å²) >= 11 is 0. The number of carbonyl (C=O) groups is 3. The minimum Gasteiger partial charge on any atom is -0.464 e. The van der Waals surface area contributed by atoms with E-state index >= 15 is 0 Å². The number of rotatable bonds is 9. The molecule has 0 saturated heterocycles. The number of aromatic nitrogens is 6. The van der Waals surface area contributed by atoms with Crippen molar-refractivity contribution in [1.29, 1.82) is 0 Å². The molecule has 0 spiro atoms. The second-order valence-electron chi connectivity index (χ2n) is 6.45. The van der Waals surface area contributed by atoms with Gasteiger partial charge in [0.25, 0.3) is 5.91 Å². The lowest BCUT2D eigenvalue weighted by Crippen LogP contribution is -2.12. The van der Waals surface area contributed by atoms with Crippen LogP contribution in [0.4, 0.5) is 5.69 Å². The first-order valence-electron chi connectivity index (χ1n) is 9.39. The summed E-state index contributed by atoms with van der Waals surface area (Å²) in [4.78, 5) is 34.1. The SMILES string of the molecule is CC(=O)OCCn1cc(C(=O)Nc2cccc(-c3cn(CCOC(C)=O)nn3)c2)nn1. The minimum atomic E-state index is -0.430. The Morgan fingerprint density at radius 3 is 2.26 bits per heavy atom. The fourth-order valence-electron chi connectivity index (χ4n) is 2.57. The van der Waals surface area contributed by atoms with Crippen LogP contribution in [0.3, 0.4) is 0 Å². The summed E-state index contributed by atoms with van der Waals surface area (Å²) < 4.78 is 12.7. The van der Waals surface area contributed by atoms with Crippen molar-refractivity contribution in [3.63, 3.8) is 0 Å². The molecule has 3 rings (SSSR count). The van der Waals surface area contributed by atoms with E-state index in [1.54, 1.807) is 29.1 Å². The number of nitrogens with zero attached hydrogens (tertiary/aromatic N) is 6. The standard InChI is InChI=1S/C19H21N7O5/c1-13(27)30-8-6-25-11-17(21-23-25)15-4-3-5-16(10-15)20-19(29)18-12-26(24-22-18)7-9-31-14(2)28/h3-5,10-12H,6-9H2,1-2H3,(H,20,29). The van der Waals surface area contributed by atoms with Gasteiger partial charge in [-0.3, -0.25) is 14.4 Å². The molecule has 0 radical (unpaired) electrons. The van der Waals surface area contributed by atoms with E-state index in [1.165, 1.54) is 24.7 Å². The maximum absolute atomic E-state index is 12.4. The van der Waals surface area contributed by atoms with E-state index in [9.17, 15) is 14.4 Å². The van der Waals surface area contributed by atoms with Crippen LogP contribution < -0.4 is 5.32 Å². The third kappa shape index (κ3) is 6.45. The molecule has 0 bridgehead atoms. The van der Waals surface area contributed by atoms with Gasteiger partial charge in [0.15, 0.2) is 5.69 Å². The van der Waals surface area contributed by atoms with Gasteiger partial charge in [-0.25, -0.2) is 9.36 Å². The Labute approximate surface area is 177 Å². The minimum absolute atomic E-state index is 0.129. The Hall–Kier alpha value is -4.09. The van der Waals surface area contributed by atoms with Crippen LogP contribution in [0.1, 0.15) is 24.3 Å². The molecular weight excluding hydrogens is 406 g/mol. The van der Waals surface area contributed by atoms with Crippen LogP contribution in [0.25, 0.3) is 11.3 Å². The van der Waals surface area contributed by atoms with Gasteiger partial charge in [0, 0.05) is 25.1 Å². The molecule has 1 amide bonds. The van der Waals surface area contributed by atoms with Crippen molar-refractivity contribution in [1.82, 2.24) is 30.0 Å². The number of nitrogens with one attached hydrogen (secondary N) is 1. The largest absolute Gasteiger partial charge is 0.464 e. The third-order valence-corrected chi connectivity index (χ3v) is 3.98. The van der Waals surface area contributed by atoms with Crippen LogP contribution in [0.5, 0.6) is 0 Å². The Kier molecular flexibility index (Phi) is 7.04. The molecule has 3 aromatic rings. The summed E-state index contributed by atoms with van der Waals surface area (Å²) in [7, 11) is 0. The first-order chi connectivity index (χ1) is 14.9. The van der Waals surface area contributed by atoms with Crippen LogP contribution >= 0.6 is 0 Å². The zero-order valence-electron chi connectivity index (χ0n) is 17.0. The molecule has 162 valence electrons. The molecule has 0 atom stereocenters. The van der Waals surface area contributed by atoms with Crippen LogP contribution in [0, 0.1) is 0 Å². The van der Waals surface area contributed by atoms with Crippen molar-refractivity contribution in [2.45, 2.75) is 26.9 Å². The molecular formula is C19H21N7O5. The number of benzene rings is 1. The van der Waals surface area contributed by atoms with Gasteiger partial charge in [0.05, 0.1) is 25.5 Å². The zero-order valence-corrected chi connectivity index (χ0v) is 17.0. The highest BCUT2D eigenvalue weighted by molar-refractivity contribution is 6.02. The first kappa shape index (κ1) is 21.6. The second kappa shape index (κ2) is 10.1. The van der Waals surface area contributed by atoms with E-state index in [-0.39, 0.29) is 30.8 Å². The molecule has 0 aliphatic carbocycles. The first-order valence-corrected chi connectivity index (χ1v) is 9.39. The van der Waals surface area contributed by atoms with Crippen molar-refractivity contribution >= 4 is 23.5 Å². The van der Waals surface area contributed by atoms with Crippen LogP contribution in [0.2, 0.25) is 0 Å². The van der Waals surface area contributed by atoms with Crippen LogP contribution in [0.15, 0.2) is 36.7 Å². The predicted molar refractivity (Wildman–Crippen MR) is 107 cm³/mol. The molecule has 2 heterocycles. The van der Waals surface area contributed by atoms with Gasteiger partial charge in [0.1, 0.15) is 18.9 Å². The number of anilines is 1. The van der Waals surface area contributed by atoms with E-state index in [0.29, 0.717) is 24.5 Å². The molecule has 1 aromatic carbocycles. The number of carbonyl (C=O) groups excluding carboxylic acids is 3. The van der Waals surface area contributed by atoms with Crippen molar-refractivity contribution in [3.05, 3.63) is 42.4 Å². The number of amides is 1. The van der Waals surface area contributed by atoms with Gasteiger partial charge in [0.2, 0.25) is 0 Å². The number of ether oxygens (including phenoxy) is 2. The van der Waals surface area contributed by atoms with Crippen molar-refractivity contribution in [2.24, 2.45) is 0 Å². The van der Waals surface area contributed by atoms with Crippen molar-refractivity contribution < 1.29 is 23.9 Å². The van der Waals surface area contributed by atoms with Gasteiger partial charge < -0.3 is 14.8 Å². The quantitative estimate of drug-likeness (QED) is 0.493. The highest BCUT2D eigenvalue weighted by atomic mass is 16.5. The topological polar surface area (TPSA) is 143 Å². The fourth-order valence-corrected chi connectivity index (χ4v) is 2.57. The van der Waals surface area contributed by atoms with Gasteiger partial charge in [-0.1, -0.05) is 22.6 Å². The molecule has 0 unspecified atom stereocenters. The summed E-state index contributed by atoms with van der Waals surface area (Å²) in [5.41, 5.74) is 2.04. The Morgan fingerprint density at radius 2 is 1.58 bits per heavy atom. The van der Waals surface area contributed by atoms with Crippen molar-refractivity contribution in [2.75, 3.05) is 18.5 Å². The molecule has 0 fully saturated rings. The Balaban J connectivity index is 1.60. The monoisotopic (exact) mass is 427 g/mol. The summed E-state index contributed by atoms with van der Waals surface area (Å²) in [5.74, 6) is -1.17. The third-order valence-electron chi connectivity index (χ3n) is 3.98. The summed E-state index contributed by atoms with van der Waals surface area (Å²) in [5, 5.41) is 18.5. The average molecular weight is 427 g/mol. The summed E-state index contributed by atoms with van der Waals surface area (Å²) in [6.07, 6.45) is 3.19. The van der Waals surface area contributed by atoms with E-state index in [4.69, 9.17) is 9.47 Å². The zero-order chi connectivity index (χ0) is 22.2. The average Bonchev–Trinajstić information content (AvgIpc) is 3.38. The van der Waals surface area contributed by atoms with Gasteiger partial charge in [-0.2, -0.15) is 0 Å². The number of hydrogen-bond acceptors (Lipinski definition) is 9. The Morgan fingerprint density at radius 1 is 0.935 bits per heavy atom. The lowest BCUT2D eigenvalue weighted by Gasteiger charge is -2.04. The van der Waals surface area contributed by atoms with Gasteiger partial charge >= 0.3 is 11.9 Å².